The third-order valence-electron chi connectivity index (χ3n) is 4.60. The number of likely N-dealkylation sites (tertiary alicyclic amines) is 1. The van der Waals surface area contributed by atoms with Crippen molar-refractivity contribution in [3.8, 4) is 5.75 Å². The van der Waals surface area contributed by atoms with Crippen molar-refractivity contribution in [1.82, 2.24) is 14.7 Å². The Bertz CT molecular complexity index is 721. The standard InChI is InChI=1S/C18H22ClN3O3/c1-2-22-13-14(11-20-22)12-21-9-7-18(8-10-21,17(23)24)25-16-5-3-15(19)4-6-16/h3-6,11,13H,2,7-10,12H2,1H3,(H,23,24). The third kappa shape index (κ3) is 4.14. The minimum absolute atomic E-state index is 0.437. The number of aryl methyl sites for hydroxylation is 1. The molecule has 1 aliphatic heterocycles. The molecule has 1 saturated heterocycles. The lowest BCUT2D eigenvalue weighted by molar-refractivity contribution is -0.159. The first-order chi connectivity index (χ1) is 12.0. The fourth-order valence-electron chi connectivity index (χ4n) is 3.08. The molecule has 1 aliphatic rings. The summed E-state index contributed by atoms with van der Waals surface area (Å²) in [7, 11) is 0. The first-order valence-corrected chi connectivity index (χ1v) is 8.80. The Hall–Kier alpha value is -2.05. The highest BCUT2D eigenvalue weighted by Crippen LogP contribution is 2.30. The zero-order valence-electron chi connectivity index (χ0n) is 14.2. The van der Waals surface area contributed by atoms with Crippen LogP contribution in [0.2, 0.25) is 5.02 Å². The molecular formula is C18H22ClN3O3. The molecule has 7 heteroatoms. The molecule has 25 heavy (non-hydrogen) atoms. The van der Waals surface area contributed by atoms with Gasteiger partial charge in [0, 0.05) is 55.8 Å². The van der Waals surface area contributed by atoms with E-state index in [1.54, 1.807) is 24.3 Å². The summed E-state index contributed by atoms with van der Waals surface area (Å²) in [5.74, 6) is -0.384. The Labute approximate surface area is 152 Å². The van der Waals surface area contributed by atoms with E-state index in [1.165, 1.54) is 0 Å². The summed E-state index contributed by atoms with van der Waals surface area (Å²) in [6.45, 7) is 5.00. The van der Waals surface area contributed by atoms with Gasteiger partial charge in [0.25, 0.3) is 0 Å². The SMILES string of the molecule is CCn1cc(CN2CCC(Oc3ccc(Cl)cc3)(C(=O)O)CC2)cn1. The number of rotatable bonds is 6. The van der Waals surface area contributed by atoms with Crippen LogP contribution in [0.1, 0.15) is 25.3 Å². The summed E-state index contributed by atoms with van der Waals surface area (Å²) in [6.07, 6.45) is 4.77. The molecule has 1 aromatic heterocycles. The second-order valence-corrected chi connectivity index (χ2v) is 6.77. The van der Waals surface area contributed by atoms with E-state index in [1.807, 2.05) is 24.0 Å². The quantitative estimate of drug-likeness (QED) is 0.854. The summed E-state index contributed by atoms with van der Waals surface area (Å²) in [5.41, 5.74) is -0.0407. The molecule has 6 nitrogen and oxygen atoms in total. The van der Waals surface area contributed by atoms with Crippen LogP contribution >= 0.6 is 11.6 Å². The molecule has 134 valence electrons. The van der Waals surface area contributed by atoms with Crippen LogP contribution in [0.4, 0.5) is 0 Å². The highest BCUT2D eigenvalue weighted by Gasteiger charge is 2.44. The van der Waals surface area contributed by atoms with Crippen LogP contribution in [0.15, 0.2) is 36.7 Å². The van der Waals surface area contributed by atoms with Gasteiger partial charge in [-0.3, -0.25) is 9.58 Å². The Morgan fingerprint density at radius 3 is 2.56 bits per heavy atom. The van der Waals surface area contributed by atoms with Gasteiger partial charge in [-0.1, -0.05) is 11.6 Å². The van der Waals surface area contributed by atoms with Crippen molar-refractivity contribution < 1.29 is 14.6 Å². The van der Waals surface area contributed by atoms with Crippen molar-refractivity contribution >= 4 is 17.6 Å². The molecule has 3 rings (SSSR count). The lowest BCUT2D eigenvalue weighted by atomic mass is 9.91. The van der Waals surface area contributed by atoms with E-state index in [4.69, 9.17) is 16.3 Å². The fourth-order valence-corrected chi connectivity index (χ4v) is 3.21. The molecule has 0 amide bonds. The van der Waals surface area contributed by atoms with Gasteiger partial charge < -0.3 is 9.84 Å². The smallest absolute Gasteiger partial charge is 0.348 e. The molecule has 0 spiro atoms. The lowest BCUT2D eigenvalue weighted by Gasteiger charge is -2.38. The van der Waals surface area contributed by atoms with Crippen molar-refractivity contribution in [2.45, 2.75) is 38.5 Å². The normalized spacial score (nSPS) is 17.4. The predicted molar refractivity (Wildman–Crippen MR) is 94.9 cm³/mol. The first-order valence-electron chi connectivity index (χ1n) is 8.42. The Morgan fingerprint density at radius 1 is 1.32 bits per heavy atom. The van der Waals surface area contributed by atoms with E-state index < -0.39 is 11.6 Å². The Balaban J connectivity index is 1.63. The summed E-state index contributed by atoms with van der Waals surface area (Å²) >= 11 is 5.87. The molecule has 0 aliphatic carbocycles. The maximum Gasteiger partial charge on any atom is 0.348 e. The number of hydrogen-bond acceptors (Lipinski definition) is 4. The molecule has 2 heterocycles. The van der Waals surface area contributed by atoms with Crippen LogP contribution in [0.3, 0.4) is 0 Å². The van der Waals surface area contributed by atoms with Gasteiger partial charge in [0.15, 0.2) is 0 Å². The van der Waals surface area contributed by atoms with Crippen molar-refractivity contribution in [2.75, 3.05) is 13.1 Å². The Kier molecular flexibility index (Phi) is 5.30. The van der Waals surface area contributed by atoms with Crippen LogP contribution in [0.25, 0.3) is 0 Å². The van der Waals surface area contributed by atoms with Gasteiger partial charge >= 0.3 is 5.97 Å². The Morgan fingerprint density at radius 2 is 2.00 bits per heavy atom. The molecule has 0 atom stereocenters. The highest BCUT2D eigenvalue weighted by molar-refractivity contribution is 6.30. The van der Waals surface area contributed by atoms with Gasteiger partial charge in [-0.05, 0) is 31.2 Å². The minimum atomic E-state index is -1.18. The maximum absolute atomic E-state index is 11.9. The second kappa shape index (κ2) is 7.45. The number of carboxylic acid groups (broad SMARTS) is 1. The van der Waals surface area contributed by atoms with Gasteiger partial charge in [0.05, 0.1) is 6.20 Å². The van der Waals surface area contributed by atoms with Crippen molar-refractivity contribution in [1.29, 1.82) is 0 Å². The number of carboxylic acids is 1. The second-order valence-electron chi connectivity index (χ2n) is 6.34. The van der Waals surface area contributed by atoms with Crippen LogP contribution in [0.5, 0.6) is 5.75 Å². The van der Waals surface area contributed by atoms with E-state index in [0.29, 0.717) is 36.7 Å². The molecule has 0 bridgehead atoms. The molecule has 1 fully saturated rings. The molecule has 0 saturated carbocycles. The number of halogens is 1. The van der Waals surface area contributed by atoms with Gasteiger partial charge in [0.2, 0.25) is 5.60 Å². The predicted octanol–water partition coefficient (Wildman–Crippen LogP) is 3.05. The van der Waals surface area contributed by atoms with Crippen molar-refractivity contribution in [3.63, 3.8) is 0 Å². The number of hydrogen-bond donors (Lipinski definition) is 1. The summed E-state index contributed by atoms with van der Waals surface area (Å²) < 4.78 is 7.77. The van der Waals surface area contributed by atoms with Gasteiger partial charge in [-0.2, -0.15) is 5.10 Å². The number of aliphatic carboxylic acids is 1. The fraction of sp³-hybridized carbons (Fsp3) is 0.444. The molecule has 2 aromatic rings. The van der Waals surface area contributed by atoms with Crippen molar-refractivity contribution in [3.05, 3.63) is 47.2 Å². The molecule has 0 radical (unpaired) electrons. The number of piperidine rings is 1. The van der Waals surface area contributed by atoms with E-state index in [2.05, 4.69) is 10.00 Å². The van der Waals surface area contributed by atoms with Crippen LogP contribution in [-0.2, 0) is 17.9 Å². The largest absolute Gasteiger partial charge is 0.478 e. The van der Waals surface area contributed by atoms with E-state index in [9.17, 15) is 9.90 Å². The third-order valence-corrected chi connectivity index (χ3v) is 4.85. The van der Waals surface area contributed by atoms with Crippen LogP contribution < -0.4 is 4.74 Å². The number of nitrogens with zero attached hydrogens (tertiary/aromatic N) is 3. The summed E-state index contributed by atoms with van der Waals surface area (Å²) in [4.78, 5) is 14.1. The number of carbonyl (C=O) groups is 1. The van der Waals surface area contributed by atoms with E-state index in [-0.39, 0.29) is 0 Å². The average Bonchev–Trinajstić information content (AvgIpc) is 3.06. The highest BCUT2D eigenvalue weighted by atomic mass is 35.5. The van der Waals surface area contributed by atoms with Crippen LogP contribution in [0, 0.1) is 0 Å². The van der Waals surface area contributed by atoms with E-state index >= 15 is 0 Å². The lowest BCUT2D eigenvalue weighted by Crippen LogP contribution is -2.53. The van der Waals surface area contributed by atoms with E-state index in [0.717, 1.165) is 18.7 Å². The number of aromatic nitrogens is 2. The topological polar surface area (TPSA) is 67.6 Å². The number of benzene rings is 1. The monoisotopic (exact) mass is 363 g/mol. The first kappa shape index (κ1) is 17.8. The average molecular weight is 364 g/mol. The maximum atomic E-state index is 11.9. The van der Waals surface area contributed by atoms with Crippen molar-refractivity contribution in [2.24, 2.45) is 0 Å². The van der Waals surface area contributed by atoms with Gasteiger partial charge in [-0.15, -0.1) is 0 Å². The van der Waals surface area contributed by atoms with Crippen LogP contribution in [-0.4, -0.2) is 44.4 Å². The molecule has 1 N–H and O–H groups in total. The molecule has 0 unspecified atom stereocenters. The zero-order chi connectivity index (χ0) is 17.9. The minimum Gasteiger partial charge on any atom is -0.478 e. The zero-order valence-corrected chi connectivity index (χ0v) is 14.9. The summed E-state index contributed by atoms with van der Waals surface area (Å²) in [6, 6.07) is 6.82. The summed E-state index contributed by atoms with van der Waals surface area (Å²) in [5, 5.41) is 14.6. The molecular weight excluding hydrogens is 342 g/mol. The molecule has 1 aromatic carbocycles. The van der Waals surface area contributed by atoms with Gasteiger partial charge in [0.1, 0.15) is 5.75 Å². The van der Waals surface area contributed by atoms with Gasteiger partial charge in [-0.25, -0.2) is 4.79 Å². The number of ether oxygens (including phenoxy) is 1.